The monoisotopic (exact) mass is 421 g/mol. The number of hydrogen-bond donors (Lipinski definition) is 1. The molecule has 3 rings (SSSR count). The van der Waals surface area contributed by atoms with Crippen molar-refractivity contribution >= 4 is 43.5 Å². The van der Waals surface area contributed by atoms with Crippen LogP contribution < -0.4 is 5.73 Å². The Kier molecular flexibility index (Phi) is 4.70. The second-order valence-corrected chi connectivity index (χ2v) is 9.13. The fourth-order valence-electron chi connectivity index (χ4n) is 3.71. The molecule has 2 N–H and O–H groups in total. The Morgan fingerprint density at radius 1 is 1.39 bits per heavy atom. The van der Waals surface area contributed by atoms with Gasteiger partial charge in [-0.05, 0) is 47.2 Å². The van der Waals surface area contributed by atoms with Crippen molar-refractivity contribution in [2.24, 2.45) is 11.7 Å². The summed E-state index contributed by atoms with van der Waals surface area (Å²) >= 11 is 9.22. The SMILES string of the molecule is NC(=O)[C@@H]1C[C@@H]2CCCC[C@@H]2N1S(=O)(=O)c1cc(Br)cnc1Cl. The lowest BCUT2D eigenvalue weighted by molar-refractivity contribution is -0.121. The van der Waals surface area contributed by atoms with Crippen LogP contribution in [0.1, 0.15) is 32.1 Å². The summed E-state index contributed by atoms with van der Waals surface area (Å²) in [5.41, 5.74) is 5.48. The van der Waals surface area contributed by atoms with E-state index in [1.807, 2.05) is 0 Å². The molecule has 2 fully saturated rings. The number of amides is 1. The summed E-state index contributed by atoms with van der Waals surface area (Å²) in [4.78, 5) is 15.6. The lowest BCUT2D eigenvalue weighted by Gasteiger charge is -2.32. The molecule has 1 saturated carbocycles. The van der Waals surface area contributed by atoms with Crippen molar-refractivity contribution in [1.82, 2.24) is 9.29 Å². The molecular formula is C14H17BrClN3O3S. The van der Waals surface area contributed by atoms with E-state index in [2.05, 4.69) is 20.9 Å². The van der Waals surface area contributed by atoms with E-state index in [4.69, 9.17) is 17.3 Å². The maximum atomic E-state index is 13.2. The van der Waals surface area contributed by atoms with Crippen LogP contribution in [-0.4, -0.2) is 35.7 Å². The number of nitrogens with two attached hydrogens (primary N) is 1. The number of nitrogens with zero attached hydrogens (tertiary/aromatic N) is 2. The predicted molar refractivity (Wildman–Crippen MR) is 89.3 cm³/mol. The molecule has 1 aliphatic carbocycles. The Morgan fingerprint density at radius 3 is 2.78 bits per heavy atom. The number of pyridine rings is 1. The number of sulfonamides is 1. The maximum Gasteiger partial charge on any atom is 0.247 e. The van der Waals surface area contributed by atoms with E-state index >= 15 is 0 Å². The van der Waals surface area contributed by atoms with E-state index in [-0.39, 0.29) is 22.0 Å². The second-order valence-electron chi connectivity index (χ2n) is 6.04. The highest BCUT2D eigenvalue weighted by Crippen LogP contribution is 2.43. The van der Waals surface area contributed by atoms with Gasteiger partial charge in [-0.15, -0.1) is 0 Å². The van der Waals surface area contributed by atoms with Crippen molar-refractivity contribution in [3.8, 4) is 0 Å². The third-order valence-electron chi connectivity index (χ3n) is 4.69. The van der Waals surface area contributed by atoms with Gasteiger partial charge in [-0.3, -0.25) is 4.79 Å². The van der Waals surface area contributed by atoms with Crippen LogP contribution in [0.25, 0.3) is 0 Å². The van der Waals surface area contributed by atoms with Crippen LogP contribution in [0.15, 0.2) is 21.6 Å². The van der Waals surface area contributed by atoms with Crippen LogP contribution in [0.5, 0.6) is 0 Å². The summed E-state index contributed by atoms with van der Waals surface area (Å²) in [6.07, 6.45) is 5.58. The molecule has 1 aromatic heterocycles. The molecule has 23 heavy (non-hydrogen) atoms. The number of aromatic nitrogens is 1. The largest absolute Gasteiger partial charge is 0.368 e. The average molecular weight is 423 g/mol. The first-order chi connectivity index (χ1) is 10.8. The van der Waals surface area contributed by atoms with Crippen LogP contribution >= 0.6 is 27.5 Å². The molecule has 1 aromatic rings. The number of carbonyl (C=O) groups is 1. The van der Waals surface area contributed by atoms with Crippen molar-refractivity contribution in [3.05, 3.63) is 21.9 Å². The number of fused-ring (bicyclic) bond motifs is 1. The first kappa shape index (κ1) is 17.1. The quantitative estimate of drug-likeness (QED) is 0.756. The summed E-state index contributed by atoms with van der Waals surface area (Å²) in [5.74, 6) is -0.433. The van der Waals surface area contributed by atoms with E-state index < -0.39 is 22.0 Å². The molecular weight excluding hydrogens is 406 g/mol. The molecule has 3 atom stereocenters. The van der Waals surface area contributed by atoms with Crippen molar-refractivity contribution in [2.75, 3.05) is 0 Å². The Labute approximate surface area is 148 Å². The molecule has 0 spiro atoms. The molecule has 1 aliphatic heterocycles. The number of halogens is 2. The minimum absolute atomic E-state index is 0.0917. The predicted octanol–water partition coefficient (Wildman–Crippen LogP) is 2.30. The van der Waals surface area contributed by atoms with Crippen molar-refractivity contribution in [1.29, 1.82) is 0 Å². The molecule has 2 aliphatic rings. The van der Waals surface area contributed by atoms with Gasteiger partial charge >= 0.3 is 0 Å². The van der Waals surface area contributed by atoms with Crippen molar-refractivity contribution < 1.29 is 13.2 Å². The first-order valence-electron chi connectivity index (χ1n) is 7.46. The molecule has 126 valence electrons. The average Bonchev–Trinajstić information content (AvgIpc) is 2.90. The van der Waals surface area contributed by atoms with Gasteiger partial charge in [-0.2, -0.15) is 4.31 Å². The Balaban J connectivity index is 2.08. The molecule has 9 heteroatoms. The zero-order valence-corrected chi connectivity index (χ0v) is 15.4. The van der Waals surface area contributed by atoms with Crippen LogP contribution in [0.3, 0.4) is 0 Å². The fraction of sp³-hybridized carbons (Fsp3) is 0.571. The van der Waals surface area contributed by atoms with E-state index in [9.17, 15) is 13.2 Å². The van der Waals surface area contributed by atoms with Gasteiger partial charge in [-0.25, -0.2) is 13.4 Å². The first-order valence-corrected chi connectivity index (χ1v) is 10.1. The zero-order chi connectivity index (χ0) is 16.8. The summed E-state index contributed by atoms with van der Waals surface area (Å²) in [5, 5.41) is -0.101. The van der Waals surface area contributed by atoms with Gasteiger partial charge in [0.2, 0.25) is 15.9 Å². The van der Waals surface area contributed by atoms with E-state index in [0.29, 0.717) is 10.9 Å². The Bertz CT molecular complexity index is 743. The molecule has 2 heterocycles. The van der Waals surface area contributed by atoms with E-state index in [1.54, 1.807) is 0 Å². The molecule has 1 amide bonds. The number of carbonyl (C=O) groups excluding carboxylic acids is 1. The summed E-state index contributed by atoms with van der Waals surface area (Å²) < 4.78 is 28.1. The van der Waals surface area contributed by atoms with E-state index in [1.165, 1.54) is 16.6 Å². The lowest BCUT2D eigenvalue weighted by atomic mass is 9.85. The van der Waals surface area contributed by atoms with Crippen molar-refractivity contribution in [3.63, 3.8) is 0 Å². The third-order valence-corrected chi connectivity index (χ3v) is 7.48. The lowest BCUT2D eigenvalue weighted by Crippen LogP contribution is -2.48. The Hall–Kier alpha value is -0.700. The van der Waals surface area contributed by atoms with Gasteiger partial charge in [0.1, 0.15) is 16.1 Å². The normalized spacial score (nSPS) is 28.5. The Morgan fingerprint density at radius 2 is 2.09 bits per heavy atom. The maximum absolute atomic E-state index is 13.2. The molecule has 0 unspecified atom stereocenters. The summed E-state index contributed by atoms with van der Waals surface area (Å²) in [6, 6.07) is 0.406. The van der Waals surface area contributed by atoms with Gasteiger partial charge in [0, 0.05) is 16.7 Å². The standard InChI is InChI=1S/C14H17BrClN3O3S/c15-9-6-12(13(16)18-7-9)23(21,22)19-10-4-2-1-3-8(10)5-11(19)14(17)20/h6-8,10-11H,1-5H2,(H2,17,20)/t8-,10-,11-/m0/s1. The number of rotatable bonds is 3. The fourth-order valence-corrected chi connectivity index (χ4v) is 6.51. The topological polar surface area (TPSA) is 93.4 Å². The second kappa shape index (κ2) is 6.31. The van der Waals surface area contributed by atoms with Gasteiger partial charge < -0.3 is 5.73 Å². The summed E-state index contributed by atoms with van der Waals surface area (Å²) in [6.45, 7) is 0. The van der Waals surface area contributed by atoms with Crippen LogP contribution in [0.4, 0.5) is 0 Å². The highest BCUT2D eigenvalue weighted by molar-refractivity contribution is 9.10. The van der Waals surface area contributed by atoms with Crippen LogP contribution in [0.2, 0.25) is 5.15 Å². The van der Waals surface area contributed by atoms with Gasteiger partial charge in [0.05, 0.1) is 0 Å². The highest BCUT2D eigenvalue weighted by atomic mass is 79.9. The van der Waals surface area contributed by atoms with Gasteiger partial charge in [0.25, 0.3) is 0 Å². The molecule has 0 aromatic carbocycles. The van der Waals surface area contributed by atoms with E-state index in [0.717, 1.165) is 25.7 Å². The zero-order valence-electron chi connectivity index (χ0n) is 12.3. The molecule has 0 radical (unpaired) electrons. The number of hydrogen-bond acceptors (Lipinski definition) is 4. The molecule has 6 nitrogen and oxygen atoms in total. The molecule has 0 bridgehead atoms. The smallest absolute Gasteiger partial charge is 0.247 e. The highest BCUT2D eigenvalue weighted by Gasteiger charge is 2.50. The summed E-state index contributed by atoms with van der Waals surface area (Å²) in [7, 11) is -3.95. The van der Waals surface area contributed by atoms with Crippen molar-refractivity contribution in [2.45, 2.75) is 49.1 Å². The van der Waals surface area contributed by atoms with Crippen LogP contribution in [0, 0.1) is 5.92 Å². The minimum Gasteiger partial charge on any atom is -0.368 e. The molecule has 1 saturated heterocycles. The van der Waals surface area contributed by atoms with Gasteiger partial charge in [-0.1, -0.05) is 24.4 Å². The number of primary amides is 1. The van der Waals surface area contributed by atoms with Crippen LogP contribution in [-0.2, 0) is 14.8 Å². The third kappa shape index (κ3) is 3.01. The minimum atomic E-state index is -3.95. The van der Waals surface area contributed by atoms with Gasteiger partial charge in [0.15, 0.2) is 0 Å².